The fourth-order valence-corrected chi connectivity index (χ4v) is 3.92. The van der Waals surface area contributed by atoms with Gasteiger partial charge < -0.3 is 4.98 Å². The van der Waals surface area contributed by atoms with Crippen molar-refractivity contribution in [3.63, 3.8) is 0 Å². The van der Waals surface area contributed by atoms with Crippen LogP contribution in [0.4, 0.5) is 0 Å². The SMILES string of the molecule is Cc1ccc(C(=O)NNC(=O)c2cc3c(s2)CCCCC3)c(=O)[nH]1. The number of H-pyrrole nitrogens is 1. The van der Waals surface area contributed by atoms with Gasteiger partial charge in [-0.2, -0.15) is 0 Å². The Morgan fingerprint density at radius 2 is 1.83 bits per heavy atom. The third kappa shape index (κ3) is 3.56. The fourth-order valence-electron chi connectivity index (χ4n) is 2.77. The van der Waals surface area contributed by atoms with Crippen LogP contribution in [0.1, 0.15) is 55.4 Å². The number of carbonyl (C=O) groups is 2. The summed E-state index contributed by atoms with van der Waals surface area (Å²) < 4.78 is 0. The minimum absolute atomic E-state index is 0.0390. The van der Waals surface area contributed by atoms with Crippen molar-refractivity contribution in [1.29, 1.82) is 0 Å². The Hall–Kier alpha value is -2.41. The van der Waals surface area contributed by atoms with Gasteiger partial charge in [0, 0.05) is 10.6 Å². The largest absolute Gasteiger partial charge is 0.326 e. The molecule has 3 rings (SSSR count). The van der Waals surface area contributed by atoms with E-state index in [1.807, 2.05) is 6.07 Å². The van der Waals surface area contributed by atoms with Crippen molar-refractivity contribution in [2.24, 2.45) is 0 Å². The van der Waals surface area contributed by atoms with E-state index in [0.29, 0.717) is 10.6 Å². The quantitative estimate of drug-likeness (QED) is 0.575. The van der Waals surface area contributed by atoms with Crippen LogP contribution in [0.15, 0.2) is 23.0 Å². The van der Waals surface area contributed by atoms with Gasteiger partial charge in [0.25, 0.3) is 17.4 Å². The van der Waals surface area contributed by atoms with Crippen LogP contribution in [0.25, 0.3) is 0 Å². The minimum Gasteiger partial charge on any atom is -0.326 e. The molecule has 2 aromatic heterocycles. The van der Waals surface area contributed by atoms with Crippen molar-refractivity contribution >= 4 is 23.2 Å². The third-order valence-electron chi connectivity index (χ3n) is 4.06. The number of aryl methyl sites for hydroxylation is 3. The van der Waals surface area contributed by atoms with Crippen molar-refractivity contribution < 1.29 is 9.59 Å². The average molecular weight is 345 g/mol. The molecule has 0 atom stereocenters. The zero-order valence-corrected chi connectivity index (χ0v) is 14.2. The van der Waals surface area contributed by atoms with E-state index >= 15 is 0 Å². The lowest BCUT2D eigenvalue weighted by Gasteiger charge is -2.06. The Morgan fingerprint density at radius 1 is 1.08 bits per heavy atom. The van der Waals surface area contributed by atoms with Crippen LogP contribution in [0.5, 0.6) is 0 Å². The summed E-state index contributed by atoms with van der Waals surface area (Å²) in [6, 6.07) is 4.98. The fraction of sp³-hybridized carbons (Fsp3) is 0.353. The number of rotatable bonds is 2. The summed E-state index contributed by atoms with van der Waals surface area (Å²) in [4.78, 5) is 40.4. The first-order valence-corrected chi connectivity index (χ1v) is 8.78. The highest BCUT2D eigenvalue weighted by Crippen LogP contribution is 2.28. The van der Waals surface area contributed by atoms with Crippen LogP contribution in [-0.2, 0) is 12.8 Å². The number of aromatic amines is 1. The molecule has 2 aromatic rings. The summed E-state index contributed by atoms with van der Waals surface area (Å²) >= 11 is 1.48. The Balaban J connectivity index is 1.65. The van der Waals surface area contributed by atoms with Crippen LogP contribution in [0, 0.1) is 6.92 Å². The monoisotopic (exact) mass is 345 g/mol. The number of amides is 2. The molecule has 2 heterocycles. The van der Waals surface area contributed by atoms with Gasteiger partial charge in [-0.15, -0.1) is 11.3 Å². The van der Waals surface area contributed by atoms with Crippen molar-refractivity contribution in [2.45, 2.75) is 39.0 Å². The predicted molar refractivity (Wildman–Crippen MR) is 92.3 cm³/mol. The normalized spacial score (nSPS) is 13.7. The summed E-state index contributed by atoms with van der Waals surface area (Å²) in [5.41, 5.74) is 6.07. The highest BCUT2D eigenvalue weighted by atomic mass is 32.1. The van der Waals surface area contributed by atoms with Crippen LogP contribution in [0.3, 0.4) is 0 Å². The lowest BCUT2D eigenvalue weighted by atomic mass is 10.1. The van der Waals surface area contributed by atoms with Gasteiger partial charge in [0.05, 0.1) is 4.88 Å². The molecule has 3 N–H and O–H groups in total. The van der Waals surface area contributed by atoms with Crippen LogP contribution >= 0.6 is 11.3 Å². The molecule has 0 radical (unpaired) electrons. The molecule has 2 amide bonds. The number of hydrogen-bond donors (Lipinski definition) is 3. The van der Waals surface area contributed by atoms with E-state index in [4.69, 9.17) is 0 Å². The number of hydrazine groups is 1. The topological polar surface area (TPSA) is 91.1 Å². The molecule has 0 spiro atoms. The Morgan fingerprint density at radius 3 is 2.62 bits per heavy atom. The van der Waals surface area contributed by atoms with Gasteiger partial charge in [-0.1, -0.05) is 6.42 Å². The molecule has 1 aliphatic rings. The van der Waals surface area contributed by atoms with Crippen LogP contribution in [0.2, 0.25) is 0 Å². The number of aromatic nitrogens is 1. The number of thiophene rings is 1. The zero-order valence-electron chi connectivity index (χ0n) is 13.4. The van der Waals surface area contributed by atoms with Crippen LogP contribution < -0.4 is 16.4 Å². The highest BCUT2D eigenvalue weighted by molar-refractivity contribution is 7.14. The maximum atomic E-state index is 12.2. The molecule has 6 nitrogen and oxygen atoms in total. The number of nitrogens with one attached hydrogen (secondary N) is 3. The standard InChI is InChI=1S/C17H19N3O3S/c1-10-7-8-12(15(21)18-10)16(22)19-20-17(23)14-9-11-5-3-2-4-6-13(11)24-14/h7-9H,2-6H2,1H3,(H,18,21)(H,19,22)(H,20,23). The van der Waals surface area contributed by atoms with Gasteiger partial charge in [0.15, 0.2) is 0 Å². The van der Waals surface area contributed by atoms with E-state index in [9.17, 15) is 14.4 Å². The molecule has 1 aliphatic carbocycles. The molecule has 0 saturated heterocycles. The first kappa shape index (κ1) is 16.4. The van der Waals surface area contributed by atoms with Gasteiger partial charge in [0.2, 0.25) is 0 Å². The average Bonchev–Trinajstić information content (AvgIpc) is 2.83. The molecule has 0 bridgehead atoms. The van der Waals surface area contributed by atoms with Gasteiger partial charge in [-0.05, 0) is 56.4 Å². The molecule has 24 heavy (non-hydrogen) atoms. The second kappa shape index (κ2) is 7.00. The van der Waals surface area contributed by atoms with E-state index < -0.39 is 11.5 Å². The molecular weight excluding hydrogens is 326 g/mol. The van der Waals surface area contributed by atoms with Gasteiger partial charge >= 0.3 is 0 Å². The third-order valence-corrected chi connectivity index (χ3v) is 5.30. The molecule has 7 heteroatoms. The summed E-state index contributed by atoms with van der Waals surface area (Å²) in [7, 11) is 0. The van der Waals surface area contributed by atoms with E-state index in [2.05, 4.69) is 15.8 Å². The van der Waals surface area contributed by atoms with Crippen molar-refractivity contribution in [3.8, 4) is 0 Å². The lowest BCUT2D eigenvalue weighted by Crippen LogP contribution is -2.43. The maximum absolute atomic E-state index is 12.2. The molecule has 0 aromatic carbocycles. The zero-order chi connectivity index (χ0) is 17.1. The molecular formula is C17H19N3O3S. The first-order valence-electron chi connectivity index (χ1n) is 7.97. The predicted octanol–water partition coefficient (Wildman–Crippen LogP) is 2.09. The molecule has 0 aliphatic heterocycles. The molecule has 0 unspecified atom stereocenters. The summed E-state index contributed by atoms with van der Waals surface area (Å²) in [6.45, 7) is 1.73. The minimum atomic E-state index is -0.636. The Bertz CT molecular complexity index is 814. The molecule has 126 valence electrons. The summed E-state index contributed by atoms with van der Waals surface area (Å²) in [5, 5.41) is 0. The number of pyridine rings is 1. The molecule has 0 saturated carbocycles. The summed E-state index contributed by atoms with van der Waals surface area (Å²) in [6.07, 6.45) is 5.55. The van der Waals surface area contributed by atoms with Crippen molar-refractivity contribution in [3.05, 3.63) is 55.1 Å². The van der Waals surface area contributed by atoms with Gasteiger partial charge in [0.1, 0.15) is 5.56 Å². The molecule has 0 fully saturated rings. The van der Waals surface area contributed by atoms with Crippen molar-refractivity contribution in [2.75, 3.05) is 0 Å². The second-order valence-electron chi connectivity index (χ2n) is 5.91. The smallest absolute Gasteiger partial charge is 0.279 e. The Kier molecular flexibility index (Phi) is 4.80. The lowest BCUT2D eigenvalue weighted by molar-refractivity contribution is 0.0848. The van der Waals surface area contributed by atoms with Gasteiger partial charge in [-0.3, -0.25) is 25.2 Å². The highest BCUT2D eigenvalue weighted by Gasteiger charge is 2.17. The van der Waals surface area contributed by atoms with Crippen molar-refractivity contribution in [1.82, 2.24) is 15.8 Å². The van der Waals surface area contributed by atoms with Gasteiger partial charge in [-0.25, -0.2) is 0 Å². The second-order valence-corrected chi connectivity index (χ2v) is 7.05. The van der Waals surface area contributed by atoms with E-state index in [0.717, 1.165) is 25.7 Å². The van der Waals surface area contributed by atoms with E-state index in [1.165, 1.54) is 34.3 Å². The van der Waals surface area contributed by atoms with E-state index in [-0.39, 0.29) is 11.5 Å². The van der Waals surface area contributed by atoms with Crippen LogP contribution in [-0.4, -0.2) is 16.8 Å². The van der Waals surface area contributed by atoms with E-state index in [1.54, 1.807) is 13.0 Å². The maximum Gasteiger partial charge on any atom is 0.279 e. The number of hydrogen-bond acceptors (Lipinski definition) is 4. The first-order chi connectivity index (χ1) is 11.5. The number of carbonyl (C=O) groups excluding carboxylic acids is 2. The number of fused-ring (bicyclic) bond motifs is 1. The Labute approximate surface area is 143 Å². The summed E-state index contributed by atoms with van der Waals surface area (Å²) in [5.74, 6) is -0.993.